The van der Waals surface area contributed by atoms with Crippen molar-refractivity contribution in [3.05, 3.63) is 21.9 Å². The quantitative estimate of drug-likeness (QED) is 0.796. The Balaban J connectivity index is 2.39. The van der Waals surface area contributed by atoms with E-state index in [4.69, 9.17) is 0 Å². The van der Waals surface area contributed by atoms with Crippen LogP contribution in [0, 0.1) is 13.8 Å². The lowest BCUT2D eigenvalue weighted by molar-refractivity contribution is 0.535. The lowest BCUT2D eigenvalue weighted by atomic mass is 10.2. The van der Waals surface area contributed by atoms with Crippen LogP contribution in [0.2, 0.25) is 0 Å². The molecular weight excluding hydrogens is 278 g/mol. The van der Waals surface area contributed by atoms with Crippen molar-refractivity contribution in [2.24, 2.45) is 0 Å². The summed E-state index contributed by atoms with van der Waals surface area (Å²) in [7, 11) is -2.80. The highest BCUT2D eigenvalue weighted by Gasteiger charge is 2.30. The molecule has 84 valence electrons. The minimum atomic E-state index is -2.80. The highest BCUT2D eigenvalue weighted by molar-refractivity contribution is 9.10. The van der Waals surface area contributed by atoms with Crippen molar-refractivity contribution in [2.45, 2.75) is 26.3 Å². The monoisotopic (exact) mass is 291 g/mol. The number of halogens is 1. The van der Waals surface area contributed by atoms with E-state index in [1.165, 1.54) is 0 Å². The van der Waals surface area contributed by atoms with Gasteiger partial charge in [0, 0.05) is 21.9 Å². The van der Waals surface area contributed by atoms with E-state index in [0.29, 0.717) is 5.75 Å². The molecule has 1 aromatic rings. The number of sulfone groups is 1. The molecule has 3 nitrogen and oxygen atoms in total. The first-order valence-electron chi connectivity index (χ1n) is 4.95. The Morgan fingerprint density at radius 3 is 2.53 bits per heavy atom. The van der Waals surface area contributed by atoms with E-state index in [0.717, 1.165) is 22.3 Å². The highest BCUT2D eigenvalue weighted by Crippen LogP contribution is 2.30. The Bertz CT molecular complexity index is 490. The smallest absolute Gasteiger partial charge is 0.152 e. The van der Waals surface area contributed by atoms with E-state index in [1.54, 1.807) is 0 Å². The first-order chi connectivity index (χ1) is 6.91. The van der Waals surface area contributed by atoms with Gasteiger partial charge in [0.05, 0.1) is 11.5 Å². The van der Waals surface area contributed by atoms with E-state index in [1.807, 2.05) is 19.9 Å². The van der Waals surface area contributed by atoms with Crippen LogP contribution >= 0.6 is 15.9 Å². The van der Waals surface area contributed by atoms with Crippen molar-refractivity contribution in [1.29, 1.82) is 0 Å². The summed E-state index contributed by atoms with van der Waals surface area (Å²) in [5, 5.41) is 0. The Hall–Kier alpha value is -0.290. The van der Waals surface area contributed by atoms with Crippen LogP contribution in [-0.2, 0) is 9.84 Å². The molecule has 1 aliphatic rings. The molecule has 1 fully saturated rings. The van der Waals surface area contributed by atoms with Crippen LogP contribution in [-0.4, -0.2) is 24.5 Å². The molecule has 2 heterocycles. The second-order valence-corrected chi connectivity index (χ2v) is 7.23. The van der Waals surface area contributed by atoms with Gasteiger partial charge in [0.1, 0.15) is 0 Å². The molecule has 0 radical (unpaired) electrons. The van der Waals surface area contributed by atoms with Crippen LogP contribution in [0.3, 0.4) is 0 Å². The van der Waals surface area contributed by atoms with Gasteiger partial charge < -0.3 is 4.57 Å². The Kier molecular flexibility index (Phi) is 2.71. The van der Waals surface area contributed by atoms with E-state index < -0.39 is 9.84 Å². The van der Waals surface area contributed by atoms with Crippen molar-refractivity contribution >= 4 is 25.8 Å². The zero-order valence-corrected chi connectivity index (χ0v) is 11.2. The van der Waals surface area contributed by atoms with Gasteiger partial charge in [0.15, 0.2) is 9.84 Å². The largest absolute Gasteiger partial charge is 0.344 e. The molecule has 15 heavy (non-hydrogen) atoms. The lowest BCUT2D eigenvalue weighted by Crippen LogP contribution is -2.13. The predicted octanol–water partition coefficient (Wildman–Crippen LogP) is 2.23. The van der Waals surface area contributed by atoms with Gasteiger partial charge in [-0.2, -0.15) is 0 Å². The molecule has 1 aliphatic heterocycles. The third-order valence-electron chi connectivity index (χ3n) is 3.00. The Morgan fingerprint density at radius 2 is 2.13 bits per heavy atom. The van der Waals surface area contributed by atoms with E-state index in [-0.39, 0.29) is 11.8 Å². The summed E-state index contributed by atoms with van der Waals surface area (Å²) >= 11 is 3.47. The molecule has 1 aromatic heterocycles. The third-order valence-corrected chi connectivity index (χ3v) is 5.55. The Morgan fingerprint density at radius 1 is 1.47 bits per heavy atom. The van der Waals surface area contributed by atoms with E-state index >= 15 is 0 Å². The zero-order valence-electron chi connectivity index (χ0n) is 8.83. The summed E-state index contributed by atoms with van der Waals surface area (Å²) in [6.45, 7) is 4.03. The van der Waals surface area contributed by atoms with Gasteiger partial charge in [0.25, 0.3) is 0 Å². The van der Waals surface area contributed by atoms with Gasteiger partial charge in [-0.05, 0) is 42.3 Å². The van der Waals surface area contributed by atoms with Crippen LogP contribution < -0.4 is 0 Å². The maximum atomic E-state index is 11.4. The minimum absolute atomic E-state index is 0.126. The topological polar surface area (TPSA) is 39.1 Å². The maximum absolute atomic E-state index is 11.4. The lowest BCUT2D eigenvalue weighted by Gasteiger charge is -2.15. The van der Waals surface area contributed by atoms with Gasteiger partial charge in [0.2, 0.25) is 0 Å². The van der Waals surface area contributed by atoms with Crippen molar-refractivity contribution < 1.29 is 8.42 Å². The minimum Gasteiger partial charge on any atom is -0.344 e. The number of rotatable bonds is 1. The van der Waals surface area contributed by atoms with Crippen LogP contribution in [0.5, 0.6) is 0 Å². The van der Waals surface area contributed by atoms with Gasteiger partial charge in [-0.25, -0.2) is 8.42 Å². The Labute approximate surface area is 98.5 Å². The summed E-state index contributed by atoms with van der Waals surface area (Å²) in [5.41, 5.74) is 2.25. The molecular formula is C10H14BrNO2S. The number of nitrogens with zero attached hydrogens (tertiary/aromatic N) is 1. The van der Waals surface area contributed by atoms with Crippen molar-refractivity contribution in [3.63, 3.8) is 0 Å². The van der Waals surface area contributed by atoms with Crippen LogP contribution in [0.25, 0.3) is 0 Å². The molecule has 1 atom stereocenters. The summed E-state index contributed by atoms with van der Waals surface area (Å²) in [6, 6.07) is 2.17. The summed E-state index contributed by atoms with van der Waals surface area (Å²) in [5.74, 6) is 0.613. The van der Waals surface area contributed by atoms with Crippen molar-refractivity contribution in [2.75, 3.05) is 11.5 Å². The maximum Gasteiger partial charge on any atom is 0.152 e. The van der Waals surface area contributed by atoms with Gasteiger partial charge in [-0.1, -0.05) is 0 Å². The fourth-order valence-electron chi connectivity index (χ4n) is 2.28. The number of hydrogen-bond acceptors (Lipinski definition) is 2. The molecule has 5 heteroatoms. The van der Waals surface area contributed by atoms with Crippen LogP contribution in [0.1, 0.15) is 23.9 Å². The fraction of sp³-hybridized carbons (Fsp3) is 0.600. The second-order valence-electron chi connectivity index (χ2n) is 4.15. The van der Waals surface area contributed by atoms with Crippen molar-refractivity contribution in [1.82, 2.24) is 4.57 Å². The highest BCUT2D eigenvalue weighted by atomic mass is 79.9. The number of aryl methyl sites for hydroxylation is 1. The van der Waals surface area contributed by atoms with E-state index in [9.17, 15) is 8.42 Å². The molecule has 0 aliphatic carbocycles. The SMILES string of the molecule is Cc1cc(Br)c(C)n1C1CCS(=O)(=O)C1. The predicted molar refractivity (Wildman–Crippen MR) is 63.9 cm³/mol. The standard InChI is InChI=1S/C10H14BrNO2S/c1-7-5-10(11)8(2)12(7)9-3-4-15(13,14)6-9/h5,9H,3-4,6H2,1-2H3. The van der Waals surface area contributed by atoms with Gasteiger partial charge in [-0.15, -0.1) is 0 Å². The zero-order chi connectivity index (χ0) is 11.2. The molecule has 1 saturated heterocycles. The molecule has 0 bridgehead atoms. The van der Waals surface area contributed by atoms with Gasteiger partial charge >= 0.3 is 0 Å². The molecule has 0 amide bonds. The molecule has 0 spiro atoms. The normalized spacial score (nSPS) is 24.6. The summed E-state index contributed by atoms with van der Waals surface area (Å²) in [4.78, 5) is 0. The first-order valence-corrected chi connectivity index (χ1v) is 7.56. The first kappa shape index (κ1) is 11.2. The van der Waals surface area contributed by atoms with Crippen molar-refractivity contribution in [3.8, 4) is 0 Å². The molecule has 0 saturated carbocycles. The second kappa shape index (κ2) is 3.63. The average Bonchev–Trinajstić information content (AvgIpc) is 2.56. The van der Waals surface area contributed by atoms with Crippen LogP contribution in [0.15, 0.2) is 10.5 Å². The summed E-state index contributed by atoms with van der Waals surface area (Å²) in [6.07, 6.45) is 0.741. The number of hydrogen-bond donors (Lipinski definition) is 0. The van der Waals surface area contributed by atoms with Gasteiger partial charge in [-0.3, -0.25) is 0 Å². The third kappa shape index (κ3) is 1.99. The fourth-order valence-corrected chi connectivity index (χ4v) is 4.50. The summed E-state index contributed by atoms with van der Waals surface area (Å²) < 4.78 is 26.0. The molecule has 2 rings (SSSR count). The molecule has 0 N–H and O–H groups in total. The molecule has 0 aromatic carbocycles. The van der Waals surface area contributed by atoms with E-state index in [2.05, 4.69) is 20.5 Å². The number of aromatic nitrogens is 1. The van der Waals surface area contributed by atoms with Crippen LogP contribution in [0.4, 0.5) is 0 Å². The average molecular weight is 292 g/mol. The molecule has 1 unspecified atom stereocenters.